The summed E-state index contributed by atoms with van der Waals surface area (Å²) in [5.41, 5.74) is 0.814. The van der Waals surface area contributed by atoms with E-state index in [4.69, 9.17) is 4.74 Å². The molecule has 0 amide bonds. The number of aliphatic hydroxyl groups is 1. The van der Waals surface area contributed by atoms with Gasteiger partial charge in [0.25, 0.3) is 0 Å². The van der Waals surface area contributed by atoms with Gasteiger partial charge in [0.1, 0.15) is 0 Å². The van der Waals surface area contributed by atoms with Crippen LogP contribution in [0.25, 0.3) is 0 Å². The van der Waals surface area contributed by atoms with E-state index in [9.17, 15) is 5.11 Å². The fourth-order valence-electron chi connectivity index (χ4n) is 2.28. The molecule has 88 valence electrons. The molecule has 0 radical (unpaired) electrons. The number of pyridine rings is 1. The second kappa shape index (κ2) is 4.70. The normalized spacial score (nSPS) is 18.4. The van der Waals surface area contributed by atoms with Crippen LogP contribution in [0.3, 0.4) is 0 Å². The first-order valence-electron chi connectivity index (χ1n) is 5.67. The van der Waals surface area contributed by atoms with Gasteiger partial charge in [0.2, 0.25) is 5.88 Å². The molecule has 0 bridgehead atoms. The van der Waals surface area contributed by atoms with Crippen LogP contribution in [0.5, 0.6) is 5.88 Å². The van der Waals surface area contributed by atoms with E-state index in [1.807, 2.05) is 12.1 Å². The summed E-state index contributed by atoms with van der Waals surface area (Å²) in [5.74, 6) is 0.594. The molecule has 1 aliphatic rings. The number of anilines is 1. The number of aromatic nitrogens is 1. The number of rotatable bonds is 4. The van der Waals surface area contributed by atoms with E-state index in [0.29, 0.717) is 5.88 Å². The smallest absolute Gasteiger partial charge is 0.214 e. The third kappa shape index (κ3) is 2.27. The van der Waals surface area contributed by atoms with Gasteiger partial charge in [-0.05, 0) is 18.9 Å². The van der Waals surface area contributed by atoms with Crippen molar-refractivity contribution in [3.63, 3.8) is 0 Å². The van der Waals surface area contributed by atoms with E-state index >= 15 is 0 Å². The molecular formula is C12H18N2O2. The molecule has 1 aromatic heterocycles. The Morgan fingerprint density at radius 1 is 1.50 bits per heavy atom. The molecular weight excluding hydrogens is 204 g/mol. The van der Waals surface area contributed by atoms with Gasteiger partial charge in [-0.1, -0.05) is 12.8 Å². The summed E-state index contributed by atoms with van der Waals surface area (Å²) in [6.07, 6.45) is 6.11. The minimum atomic E-state index is -0.146. The molecule has 0 aromatic carbocycles. The van der Waals surface area contributed by atoms with E-state index < -0.39 is 0 Å². The van der Waals surface area contributed by atoms with Crippen molar-refractivity contribution >= 4 is 5.69 Å². The Hall–Kier alpha value is -1.29. The quantitative estimate of drug-likeness (QED) is 0.815. The average Bonchev–Trinajstić information content (AvgIpc) is 2.78. The second-order valence-electron chi connectivity index (χ2n) is 4.36. The van der Waals surface area contributed by atoms with Gasteiger partial charge in [0.05, 0.1) is 19.3 Å². The Kier molecular flexibility index (Phi) is 3.29. The van der Waals surface area contributed by atoms with E-state index in [1.54, 1.807) is 13.3 Å². The average molecular weight is 222 g/mol. The SMILES string of the molecule is COc1cc(NC2(CO)CCCC2)ccn1. The van der Waals surface area contributed by atoms with Gasteiger partial charge in [0, 0.05) is 18.0 Å². The van der Waals surface area contributed by atoms with Gasteiger partial charge >= 0.3 is 0 Å². The molecule has 1 saturated carbocycles. The Labute approximate surface area is 95.7 Å². The van der Waals surface area contributed by atoms with Crippen molar-refractivity contribution in [3.8, 4) is 5.88 Å². The molecule has 1 aliphatic carbocycles. The Morgan fingerprint density at radius 3 is 2.88 bits per heavy atom. The van der Waals surface area contributed by atoms with Crippen LogP contribution in [0.1, 0.15) is 25.7 Å². The molecule has 0 spiro atoms. The number of ether oxygens (including phenoxy) is 1. The molecule has 4 heteroatoms. The highest BCUT2D eigenvalue weighted by Gasteiger charge is 2.32. The van der Waals surface area contributed by atoms with Crippen LogP contribution in [0.15, 0.2) is 18.3 Å². The third-order valence-corrected chi connectivity index (χ3v) is 3.22. The van der Waals surface area contributed by atoms with Crippen molar-refractivity contribution in [1.29, 1.82) is 0 Å². The zero-order valence-electron chi connectivity index (χ0n) is 9.57. The van der Waals surface area contributed by atoms with Gasteiger partial charge in [-0.15, -0.1) is 0 Å². The van der Waals surface area contributed by atoms with Crippen LogP contribution in [0.2, 0.25) is 0 Å². The number of nitrogens with one attached hydrogen (secondary N) is 1. The number of aliphatic hydroxyl groups excluding tert-OH is 1. The van der Waals surface area contributed by atoms with Crippen molar-refractivity contribution in [2.75, 3.05) is 19.0 Å². The largest absolute Gasteiger partial charge is 0.481 e. The Bertz CT molecular complexity index is 349. The Balaban J connectivity index is 2.12. The van der Waals surface area contributed by atoms with Crippen molar-refractivity contribution < 1.29 is 9.84 Å². The molecule has 0 aliphatic heterocycles. The highest BCUT2D eigenvalue weighted by molar-refractivity contribution is 5.47. The minimum absolute atomic E-state index is 0.146. The monoisotopic (exact) mass is 222 g/mol. The molecule has 0 unspecified atom stereocenters. The van der Waals surface area contributed by atoms with Crippen molar-refractivity contribution in [2.45, 2.75) is 31.2 Å². The number of hydrogen-bond donors (Lipinski definition) is 2. The predicted octanol–water partition coefficient (Wildman–Crippen LogP) is 1.81. The summed E-state index contributed by atoms with van der Waals surface area (Å²) in [6, 6.07) is 3.76. The summed E-state index contributed by atoms with van der Waals surface area (Å²) in [5, 5.41) is 12.9. The maximum absolute atomic E-state index is 9.49. The molecule has 4 nitrogen and oxygen atoms in total. The zero-order valence-corrected chi connectivity index (χ0v) is 9.57. The molecule has 16 heavy (non-hydrogen) atoms. The van der Waals surface area contributed by atoms with Crippen molar-refractivity contribution in [1.82, 2.24) is 4.98 Å². The molecule has 2 N–H and O–H groups in total. The fourth-order valence-corrected chi connectivity index (χ4v) is 2.28. The Morgan fingerprint density at radius 2 is 2.25 bits per heavy atom. The molecule has 1 aromatic rings. The van der Waals surface area contributed by atoms with E-state index in [2.05, 4.69) is 10.3 Å². The first-order valence-corrected chi connectivity index (χ1v) is 5.67. The predicted molar refractivity (Wildman–Crippen MR) is 62.7 cm³/mol. The van der Waals surface area contributed by atoms with E-state index in [1.165, 1.54) is 12.8 Å². The summed E-state index contributed by atoms with van der Waals surface area (Å²) >= 11 is 0. The lowest BCUT2D eigenvalue weighted by molar-refractivity contribution is 0.214. The van der Waals surface area contributed by atoms with E-state index in [0.717, 1.165) is 18.5 Å². The summed E-state index contributed by atoms with van der Waals surface area (Å²) in [7, 11) is 1.60. The minimum Gasteiger partial charge on any atom is -0.481 e. The third-order valence-electron chi connectivity index (χ3n) is 3.22. The molecule has 1 heterocycles. The van der Waals surface area contributed by atoms with Crippen LogP contribution in [-0.4, -0.2) is 29.3 Å². The lowest BCUT2D eigenvalue weighted by Gasteiger charge is -2.29. The zero-order chi connectivity index (χ0) is 11.4. The number of nitrogens with zero attached hydrogens (tertiary/aromatic N) is 1. The van der Waals surface area contributed by atoms with Gasteiger partial charge in [-0.25, -0.2) is 4.98 Å². The first kappa shape index (κ1) is 11.2. The molecule has 2 rings (SSSR count). The summed E-state index contributed by atoms with van der Waals surface area (Å²) in [4.78, 5) is 4.06. The maximum atomic E-state index is 9.49. The highest BCUT2D eigenvalue weighted by atomic mass is 16.5. The highest BCUT2D eigenvalue weighted by Crippen LogP contribution is 2.33. The summed E-state index contributed by atoms with van der Waals surface area (Å²) < 4.78 is 5.07. The standard InChI is InChI=1S/C12H18N2O2/c1-16-11-8-10(4-7-13-11)14-12(9-15)5-2-3-6-12/h4,7-8,15H,2-3,5-6,9H2,1H3,(H,13,14). The summed E-state index contributed by atoms with van der Waals surface area (Å²) in [6.45, 7) is 0.178. The lowest BCUT2D eigenvalue weighted by Crippen LogP contribution is -2.38. The maximum Gasteiger partial charge on any atom is 0.214 e. The van der Waals surface area contributed by atoms with Crippen LogP contribution in [-0.2, 0) is 0 Å². The molecule has 0 atom stereocenters. The van der Waals surface area contributed by atoms with Crippen LogP contribution in [0.4, 0.5) is 5.69 Å². The number of hydrogen-bond acceptors (Lipinski definition) is 4. The van der Waals surface area contributed by atoms with Crippen LogP contribution in [0, 0.1) is 0 Å². The molecule has 0 saturated heterocycles. The topological polar surface area (TPSA) is 54.4 Å². The van der Waals surface area contributed by atoms with Crippen LogP contribution >= 0.6 is 0 Å². The lowest BCUT2D eigenvalue weighted by atomic mass is 9.98. The molecule has 1 fully saturated rings. The van der Waals surface area contributed by atoms with Crippen LogP contribution < -0.4 is 10.1 Å². The first-order chi connectivity index (χ1) is 7.78. The van der Waals surface area contributed by atoms with Crippen molar-refractivity contribution in [2.24, 2.45) is 0 Å². The van der Waals surface area contributed by atoms with Gasteiger partial charge in [-0.2, -0.15) is 0 Å². The van der Waals surface area contributed by atoms with Crippen molar-refractivity contribution in [3.05, 3.63) is 18.3 Å². The van der Waals surface area contributed by atoms with Gasteiger partial charge < -0.3 is 15.2 Å². The number of methoxy groups -OCH3 is 1. The van der Waals surface area contributed by atoms with Gasteiger partial charge in [-0.3, -0.25) is 0 Å². The second-order valence-corrected chi connectivity index (χ2v) is 4.36. The van der Waals surface area contributed by atoms with E-state index in [-0.39, 0.29) is 12.1 Å². The fraction of sp³-hybridized carbons (Fsp3) is 0.583. The van der Waals surface area contributed by atoms with Gasteiger partial charge in [0.15, 0.2) is 0 Å².